The van der Waals surface area contributed by atoms with Crippen molar-refractivity contribution in [2.45, 2.75) is 38.5 Å². The lowest BCUT2D eigenvalue weighted by atomic mass is 9.99. The number of rotatable bonds is 5. The molecule has 0 saturated heterocycles. The maximum atomic E-state index is 10.2. The van der Waals surface area contributed by atoms with E-state index in [0.717, 1.165) is 17.7 Å². The fourth-order valence-electron chi connectivity index (χ4n) is 2.30. The van der Waals surface area contributed by atoms with E-state index < -0.39 is 12.1 Å². The van der Waals surface area contributed by atoms with E-state index in [-0.39, 0.29) is 12.7 Å². The van der Waals surface area contributed by atoms with Crippen LogP contribution in [0.3, 0.4) is 0 Å². The molecule has 1 heterocycles. The van der Waals surface area contributed by atoms with Gasteiger partial charge < -0.3 is 25.4 Å². The highest BCUT2D eigenvalue weighted by Crippen LogP contribution is 2.38. The first kappa shape index (κ1) is 14.1. The zero-order valence-electron chi connectivity index (χ0n) is 11.3. The van der Waals surface area contributed by atoms with Gasteiger partial charge in [0.05, 0.1) is 25.4 Å². The number of aliphatic hydroxyl groups is 2. The van der Waals surface area contributed by atoms with Crippen LogP contribution in [-0.2, 0) is 6.42 Å². The van der Waals surface area contributed by atoms with Gasteiger partial charge in [0.2, 0.25) is 0 Å². The molecule has 0 radical (unpaired) electrons. The quantitative estimate of drug-likeness (QED) is 0.733. The van der Waals surface area contributed by atoms with E-state index in [0.29, 0.717) is 17.9 Å². The van der Waals surface area contributed by atoms with Crippen LogP contribution in [0.1, 0.15) is 31.1 Å². The average molecular weight is 267 g/mol. The number of benzene rings is 1. The highest BCUT2D eigenvalue weighted by molar-refractivity contribution is 5.49. The molecule has 5 heteroatoms. The summed E-state index contributed by atoms with van der Waals surface area (Å²) in [4.78, 5) is 0. The van der Waals surface area contributed by atoms with Crippen molar-refractivity contribution in [1.29, 1.82) is 0 Å². The molecule has 1 aliphatic heterocycles. The first-order chi connectivity index (χ1) is 9.06. The monoisotopic (exact) mass is 267 g/mol. The predicted molar refractivity (Wildman–Crippen MR) is 71.4 cm³/mol. The minimum Gasteiger partial charge on any atom is -0.493 e. The van der Waals surface area contributed by atoms with Crippen molar-refractivity contribution in [3.05, 3.63) is 23.3 Å². The van der Waals surface area contributed by atoms with Gasteiger partial charge in [-0.25, -0.2) is 0 Å². The lowest BCUT2D eigenvalue weighted by Gasteiger charge is -2.20. The largest absolute Gasteiger partial charge is 0.493 e. The van der Waals surface area contributed by atoms with E-state index in [1.54, 1.807) is 6.07 Å². The summed E-state index contributed by atoms with van der Waals surface area (Å²) in [5.41, 5.74) is 7.33. The Hall–Kier alpha value is -1.30. The van der Waals surface area contributed by atoms with Gasteiger partial charge >= 0.3 is 0 Å². The Balaban J connectivity index is 2.38. The number of nitrogens with two attached hydrogens (primary N) is 1. The van der Waals surface area contributed by atoms with Gasteiger partial charge in [-0.1, -0.05) is 0 Å². The maximum Gasteiger partial charge on any atom is 0.125 e. The molecule has 4 N–H and O–H groups in total. The van der Waals surface area contributed by atoms with Crippen molar-refractivity contribution in [3.63, 3.8) is 0 Å². The molecule has 106 valence electrons. The molecule has 0 spiro atoms. The van der Waals surface area contributed by atoms with Crippen LogP contribution in [-0.4, -0.2) is 35.6 Å². The van der Waals surface area contributed by atoms with Crippen LogP contribution in [0.15, 0.2) is 12.1 Å². The molecule has 0 bridgehead atoms. The van der Waals surface area contributed by atoms with E-state index in [4.69, 9.17) is 20.3 Å². The Morgan fingerprint density at radius 1 is 1.53 bits per heavy atom. The summed E-state index contributed by atoms with van der Waals surface area (Å²) < 4.78 is 11.2. The van der Waals surface area contributed by atoms with Crippen molar-refractivity contribution in [2.24, 2.45) is 5.73 Å². The molecule has 1 aromatic rings. The van der Waals surface area contributed by atoms with Crippen LogP contribution < -0.4 is 15.2 Å². The molecule has 1 aliphatic rings. The van der Waals surface area contributed by atoms with Crippen molar-refractivity contribution < 1.29 is 19.7 Å². The van der Waals surface area contributed by atoms with Gasteiger partial charge in [-0.3, -0.25) is 0 Å². The molecule has 2 rings (SSSR count). The third-order valence-corrected chi connectivity index (χ3v) is 3.26. The van der Waals surface area contributed by atoms with E-state index in [2.05, 4.69) is 0 Å². The Morgan fingerprint density at radius 3 is 2.89 bits per heavy atom. The van der Waals surface area contributed by atoms with Crippen molar-refractivity contribution in [2.75, 3.05) is 13.2 Å². The van der Waals surface area contributed by atoms with Crippen molar-refractivity contribution >= 4 is 0 Å². The summed E-state index contributed by atoms with van der Waals surface area (Å²) in [7, 11) is 0. The molecule has 0 aromatic heterocycles. The van der Waals surface area contributed by atoms with Crippen LogP contribution in [0.5, 0.6) is 11.5 Å². The second-order valence-electron chi connectivity index (χ2n) is 4.85. The summed E-state index contributed by atoms with van der Waals surface area (Å²) in [5, 5.41) is 19.2. The average Bonchev–Trinajstić information content (AvgIpc) is 2.75. The van der Waals surface area contributed by atoms with Gasteiger partial charge in [-0.05, 0) is 26.0 Å². The SMILES string of the molecule is CCOc1cc2c(cc1C(O)C(N)CO)OC(C)C2. The normalized spacial score (nSPS) is 20.6. The van der Waals surface area contributed by atoms with Crippen LogP contribution >= 0.6 is 0 Å². The van der Waals surface area contributed by atoms with Crippen molar-refractivity contribution in [1.82, 2.24) is 0 Å². The minimum atomic E-state index is -0.976. The molecule has 19 heavy (non-hydrogen) atoms. The number of fused-ring (bicyclic) bond motifs is 1. The fraction of sp³-hybridized carbons (Fsp3) is 0.571. The van der Waals surface area contributed by atoms with Crippen molar-refractivity contribution in [3.8, 4) is 11.5 Å². The number of hydrogen-bond acceptors (Lipinski definition) is 5. The minimum absolute atomic E-state index is 0.128. The Morgan fingerprint density at radius 2 is 2.26 bits per heavy atom. The molecule has 0 amide bonds. The van der Waals surface area contributed by atoms with E-state index >= 15 is 0 Å². The van der Waals surface area contributed by atoms with Crippen LogP contribution in [0.4, 0.5) is 0 Å². The smallest absolute Gasteiger partial charge is 0.125 e. The van der Waals surface area contributed by atoms with Gasteiger partial charge in [0.15, 0.2) is 0 Å². The Kier molecular flexibility index (Phi) is 4.29. The second kappa shape index (κ2) is 5.77. The zero-order valence-corrected chi connectivity index (χ0v) is 11.3. The first-order valence-corrected chi connectivity index (χ1v) is 6.57. The molecular formula is C14H21NO4. The number of hydrogen-bond donors (Lipinski definition) is 3. The Labute approximate surface area is 113 Å². The molecular weight excluding hydrogens is 246 g/mol. The molecule has 3 atom stereocenters. The van der Waals surface area contributed by atoms with Gasteiger partial charge in [0, 0.05) is 17.5 Å². The van der Waals surface area contributed by atoms with Gasteiger partial charge in [0.1, 0.15) is 17.6 Å². The summed E-state index contributed by atoms with van der Waals surface area (Å²) in [6.07, 6.45) is -0.0163. The predicted octanol–water partition coefficient (Wildman–Crippen LogP) is 0.762. The van der Waals surface area contributed by atoms with E-state index in [1.807, 2.05) is 19.9 Å². The first-order valence-electron chi connectivity index (χ1n) is 6.57. The van der Waals surface area contributed by atoms with E-state index in [9.17, 15) is 5.11 Å². The zero-order chi connectivity index (χ0) is 14.0. The topological polar surface area (TPSA) is 84.9 Å². The van der Waals surface area contributed by atoms with Crippen LogP contribution in [0, 0.1) is 0 Å². The molecule has 5 nitrogen and oxygen atoms in total. The van der Waals surface area contributed by atoms with Gasteiger partial charge in [-0.2, -0.15) is 0 Å². The lowest BCUT2D eigenvalue weighted by Crippen LogP contribution is -2.32. The van der Waals surface area contributed by atoms with Gasteiger partial charge in [-0.15, -0.1) is 0 Å². The fourth-order valence-corrected chi connectivity index (χ4v) is 2.30. The Bertz CT molecular complexity index is 449. The van der Waals surface area contributed by atoms with Crippen LogP contribution in [0.2, 0.25) is 0 Å². The summed E-state index contributed by atoms with van der Waals surface area (Å²) >= 11 is 0. The second-order valence-corrected chi connectivity index (χ2v) is 4.85. The van der Waals surface area contributed by atoms with Gasteiger partial charge in [0.25, 0.3) is 0 Å². The molecule has 0 fully saturated rings. The highest BCUT2D eigenvalue weighted by atomic mass is 16.5. The molecule has 3 unspecified atom stereocenters. The third-order valence-electron chi connectivity index (χ3n) is 3.26. The third kappa shape index (κ3) is 2.83. The molecule has 1 aromatic carbocycles. The summed E-state index contributed by atoms with van der Waals surface area (Å²) in [6.45, 7) is 4.09. The van der Waals surface area contributed by atoms with E-state index in [1.165, 1.54) is 0 Å². The summed E-state index contributed by atoms with van der Waals surface area (Å²) in [5.74, 6) is 1.37. The maximum absolute atomic E-state index is 10.2. The molecule has 0 saturated carbocycles. The van der Waals surface area contributed by atoms with Crippen LogP contribution in [0.25, 0.3) is 0 Å². The lowest BCUT2D eigenvalue weighted by molar-refractivity contribution is 0.106. The molecule has 0 aliphatic carbocycles. The number of ether oxygens (including phenoxy) is 2. The summed E-state index contributed by atoms with van der Waals surface area (Å²) in [6, 6.07) is 2.92. The highest BCUT2D eigenvalue weighted by Gasteiger charge is 2.26. The standard InChI is InChI=1S/C14H21NO4/c1-3-18-13-5-9-4-8(2)19-12(9)6-10(13)14(17)11(15)7-16/h5-6,8,11,14,16-17H,3-4,7,15H2,1-2H3. The number of aliphatic hydroxyl groups excluding tert-OH is 2.